The topological polar surface area (TPSA) is 89.2 Å². The molecule has 3 aliphatic rings. The minimum Gasteiger partial charge on any atom is -0.493 e. The highest BCUT2D eigenvalue weighted by Crippen LogP contribution is 2.37. The average Bonchev–Trinajstić information content (AvgIpc) is 3.36. The van der Waals surface area contributed by atoms with E-state index in [0.717, 1.165) is 32.1 Å². The van der Waals surface area contributed by atoms with Crippen LogP contribution in [0.1, 0.15) is 50.3 Å². The SMILES string of the molecule is Cc1nc2cc3nn2c(c1CC(=O)O)N1CCC(C)(CC1)OCCCCCOc1cc(F)ccc1-c1ccc(F)c-3c1. The first kappa shape index (κ1) is 28.1. The van der Waals surface area contributed by atoms with E-state index in [2.05, 4.69) is 16.8 Å². The molecule has 1 N–H and O–H groups in total. The normalized spacial score (nSPS) is 17.2. The number of hydrogen-bond acceptors (Lipinski definition) is 6. The van der Waals surface area contributed by atoms with Crippen molar-refractivity contribution in [1.29, 1.82) is 0 Å². The smallest absolute Gasteiger partial charge is 0.308 e. The van der Waals surface area contributed by atoms with E-state index in [1.165, 1.54) is 18.2 Å². The Balaban J connectivity index is 1.51. The largest absolute Gasteiger partial charge is 0.493 e. The maximum Gasteiger partial charge on any atom is 0.308 e. The second-order valence-corrected chi connectivity index (χ2v) is 11.4. The van der Waals surface area contributed by atoms with Crippen LogP contribution in [0.25, 0.3) is 28.0 Å². The summed E-state index contributed by atoms with van der Waals surface area (Å²) < 4.78 is 43.6. The van der Waals surface area contributed by atoms with E-state index in [4.69, 9.17) is 14.6 Å². The van der Waals surface area contributed by atoms with E-state index in [9.17, 15) is 14.3 Å². The van der Waals surface area contributed by atoms with Gasteiger partial charge in [0, 0.05) is 54.2 Å². The van der Waals surface area contributed by atoms with Gasteiger partial charge in [0.2, 0.25) is 0 Å². The Bertz CT molecular complexity index is 1650. The molecule has 1 fully saturated rings. The quantitative estimate of drug-likeness (QED) is 0.303. The zero-order chi connectivity index (χ0) is 29.4. The van der Waals surface area contributed by atoms with Gasteiger partial charge in [-0.25, -0.2) is 13.8 Å². The predicted molar refractivity (Wildman–Crippen MR) is 155 cm³/mol. The number of ether oxygens (including phenoxy) is 2. The lowest BCUT2D eigenvalue weighted by Crippen LogP contribution is -2.45. The van der Waals surface area contributed by atoms with Gasteiger partial charge in [-0.05, 0) is 75.8 Å². The number of nitrogens with zero attached hydrogens (tertiary/aromatic N) is 4. The molecule has 2 aromatic carbocycles. The molecule has 6 bridgehead atoms. The molecule has 8 nitrogen and oxygen atoms in total. The van der Waals surface area contributed by atoms with E-state index in [-0.39, 0.29) is 17.6 Å². The highest BCUT2D eigenvalue weighted by Gasteiger charge is 2.33. The van der Waals surface area contributed by atoms with E-state index < -0.39 is 17.6 Å². The van der Waals surface area contributed by atoms with Gasteiger partial charge in [0.1, 0.15) is 23.2 Å². The van der Waals surface area contributed by atoms with Crippen LogP contribution in [0, 0.1) is 18.6 Å². The van der Waals surface area contributed by atoms with Gasteiger partial charge >= 0.3 is 5.97 Å². The van der Waals surface area contributed by atoms with Gasteiger partial charge in [0.15, 0.2) is 5.65 Å². The second kappa shape index (κ2) is 11.3. The van der Waals surface area contributed by atoms with E-state index in [1.54, 1.807) is 35.7 Å². The number of carboxylic acids is 1. The van der Waals surface area contributed by atoms with Crippen molar-refractivity contribution in [2.45, 2.75) is 58.0 Å². The number of rotatable bonds is 2. The van der Waals surface area contributed by atoms with Gasteiger partial charge in [0.05, 0.1) is 24.3 Å². The van der Waals surface area contributed by atoms with Gasteiger partial charge in [-0.1, -0.05) is 6.07 Å². The number of carboxylic acid groups (broad SMARTS) is 1. The van der Waals surface area contributed by atoms with Crippen molar-refractivity contribution in [1.82, 2.24) is 14.6 Å². The summed E-state index contributed by atoms with van der Waals surface area (Å²) in [7, 11) is 0. The first-order valence-electron chi connectivity index (χ1n) is 14.4. The van der Waals surface area contributed by atoms with Crippen LogP contribution < -0.4 is 9.64 Å². The molecule has 0 amide bonds. The predicted octanol–water partition coefficient (Wildman–Crippen LogP) is 6.22. The standard InChI is InChI=1S/C32H34F2N4O4/c1-20-24(18-30(39)40)31-37-12-10-32(2,11-13-37)42-15-5-3-4-14-41-28-17-22(33)7-8-23(28)21-6-9-26(34)25(16-21)27-19-29(35-20)38(31)36-27/h6-9,16-17,19H,3-5,10-15,18H2,1-2H3,(H,39,40). The Kier molecular flexibility index (Phi) is 7.57. The number of aryl methyl sites for hydroxylation is 1. The fraction of sp³-hybridized carbons (Fsp3) is 0.406. The molecule has 0 saturated carbocycles. The molecule has 42 heavy (non-hydrogen) atoms. The maximum absolute atomic E-state index is 15.4. The molecule has 10 heteroatoms. The lowest BCUT2D eigenvalue weighted by atomic mass is 9.92. The highest BCUT2D eigenvalue weighted by atomic mass is 19.1. The van der Waals surface area contributed by atoms with E-state index in [0.29, 0.717) is 71.6 Å². The molecule has 3 aliphatic heterocycles. The van der Waals surface area contributed by atoms with Crippen LogP contribution >= 0.6 is 0 Å². The van der Waals surface area contributed by atoms with Crippen molar-refractivity contribution in [3.8, 4) is 28.1 Å². The number of piperidine rings is 1. The zero-order valence-electron chi connectivity index (χ0n) is 23.8. The number of hydrogen-bond donors (Lipinski definition) is 1. The summed E-state index contributed by atoms with van der Waals surface area (Å²) in [6, 6.07) is 10.8. The summed E-state index contributed by atoms with van der Waals surface area (Å²) in [5, 5.41) is 14.5. The summed E-state index contributed by atoms with van der Waals surface area (Å²) in [6.45, 7) is 6.29. The summed E-state index contributed by atoms with van der Waals surface area (Å²) in [4.78, 5) is 18.7. The van der Waals surface area contributed by atoms with Gasteiger partial charge in [-0.3, -0.25) is 4.79 Å². The Morgan fingerprint density at radius 1 is 1.02 bits per heavy atom. The van der Waals surface area contributed by atoms with Gasteiger partial charge in [0.25, 0.3) is 0 Å². The van der Waals surface area contributed by atoms with Crippen molar-refractivity contribution in [3.63, 3.8) is 0 Å². The van der Waals surface area contributed by atoms with Crippen LogP contribution in [-0.4, -0.2) is 57.6 Å². The minimum atomic E-state index is -0.962. The first-order valence-corrected chi connectivity index (χ1v) is 14.4. The van der Waals surface area contributed by atoms with Crippen LogP contribution in [0.15, 0.2) is 42.5 Å². The number of carbonyl (C=O) groups is 1. The molecule has 5 heterocycles. The average molecular weight is 577 g/mol. The summed E-state index contributed by atoms with van der Waals surface area (Å²) in [6.07, 6.45) is 3.89. The monoisotopic (exact) mass is 576 g/mol. The summed E-state index contributed by atoms with van der Waals surface area (Å²) >= 11 is 0. The third-order valence-electron chi connectivity index (χ3n) is 8.32. The summed E-state index contributed by atoms with van der Waals surface area (Å²) in [5.74, 6) is -0.791. The maximum atomic E-state index is 15.4. The number of anilines is 1. The molecule has 0 radical (unpaired) electrons. The number of aromatic nitrogens is 3. The van der Waals surface area contributed by atoms with Crippen molar-refractivity contribution < 1.29 is 28.2 Å². The zero-order valence-corrected chi connectivity index (χ0v) is 23.8. The molecular weight excluding hydrogens is 542 g/mol. The second-order valence-electron chi connectivity index (χ2n) is 11.4. The number of halogens is 2. The lowest BCUT2D eigenvalue weighted by Gasteiger charge is -2.41. The number of benzene rings is 2. The fourth-order valence-electron chi connectivity index (χ4n) is 5.91. The molecule has 0 atom stereocenters. The van der Waals surface area contributed by atoms with Crippen molar-refractivity contribution in [2.75, 3.05) is 31.2 Å². The third-order valence-corrected chi connectivity index (χ3v) is 8.32. The molecule has 0 spiro atoms. The Hall–Kier alpha value is -4.05. The molecule has 4 aromatic rings. The Labute approximate surface area is 242 Å². The Morgan fingerprint density at radius 2 is 1.81 bits per heavy atom. The molecule has 0 aliphatic carbocycles. The number of aliphatic carboxylic acids is 1. The minimum absolute atomic E-state index is 0.208. The van der Waals surface area contributed by atoms with Crippen molar-refractivity contribution >= 4 is 17.4 Å². The van der Waals surface area contributed by atoms with Gasteiger partial charge < -0.3 is 19.5 Å². The molecule has 1 saturated heterocycles. The molecule has 220 valence electrons. The first-order chi connectivity index (χ1) is 20.2. The van der Waals surface area contributed by atoms with Crippen LogP contribution in [0.3, 0.4) is 0 Å². The molecular formula is C32H34F2N4O4. The third kappa shape index (κ3) is 5.55. The van der Waals surface area contributed by atoms with Gasteiger partial charge in [-0.15, -0.1) is 0 Å². The van der Waals surface area contributed by atoms with Crippen molar-refractivity contribution in [3.05, 3.63) is 65.4 Å². The molecule has 7 rings (SSSR count). The van der Waals surface area contributed by atoms with E-state index >= 15 is 4.39 Å². The van der Waals surface area contributed by atoms with Crippen LogP contribution in [0.5, 0.6) is 5.75 Å². The number of fused-ring (bicyclic) bond motifs is 8. The molecule has 0 unspecified atom stereocenters. The molecule has 2 aromatic heterocycles. The van der Waals surface area contributed by atoms with Crippen LogP contribution in [-0.2, 0) is 16.0 Å². The Morgan fingerprint density at radius 3 is 2.60 bits per heavy atom. The van der Waals surface area contributed by atoms with Crippen LogP contribution in [0.2, 0.25) is 0 Å². The fourth-order valence-corrected chi connectivity index (χ4v) is 5.91. The van der Waals surface area contributed by atoms with Crippen LogP contribution in [0.4, 0.5) is 14.6 Å². The van der Waals surface area contributed by atoms with Crippen molar-refractivity contribution in [2.24, 2.45) is 0 Å². The highest BCUT2D eigenvalue weighted by molar-refractivity contribution is 5.78. The van der Waals surface area contributed by atoms with Gasteiger partial charge in [-0.2, -0.15) is 9.61 Å². The summed E-state index contributed by atoms with van der Waals surface area (Å²) in [5.41, 5.74) is 3.30. The van der Waals surface area contributed by atoms with E-state index in [1.807, 2.05) is 0 Å². The lowest BCUT2D eigenvalue weighted by molar-refractivity contribution is -0.136.